The molecule has 1 amide bonds. The van der Waals surface area contributed by atoms with Gasteiger partial charge in [-0.25, -0.2) is 4.39 Å². The Bertz CT molecular complexity index is 1060. The predicted octanol–water partition coefficient (Wildman–Crippen LogP) is 5.43. The lowest BCUT2D eigenvalue weighted by atomic mass is 9.56. The molecule has 0 bridgehead atoms. The Morgan fingerprint density at radius 2 is 1.55 bits per heavy atom. The first kappa shape index (κ1) is 21.7. The Balaban J connectivity index is 1.50. The second-order valence-electron chi connectivity index (χ2n) is 9.32. The standard InChI is InChI=1S/C29H30FNO2/c1-33-27-15-9-8-10-21(27)18-28(32)31-19-24-25(20-31)29(17-16-26(24)30,22-11-4-2-5-12-22)23-13-6-3-7-14-23/h2-15,24-26H,16-20H2,1H3. The molecule has 33 heavy (non-hydrogen) atoms. The topological polar surface area (TPSA) is 29.5 Å². The lowest BCUT2D eigenvalue weighted by Gasteiger charge is -2.47. The summed E-state index contributed by atoms with van der Waals surface area (Å²) in [6.07, 6.45) is 0.640. The number of amides is 1. The lowest BCUT2D eigenvalue weighted by Crippen LogP contribution is -2.47. The molecule has 1 saturated heterocycles. The highest BCUT2D eigenvalue weighted by molar-refractivity contribution is 5.80. The van der Waals surface area contributed by atoms with Crippen molar-refractivity contribution < 1.29 is 13.9 Å². The fraction of sp³-hybridized carbons (Fsp3) is 0.345. The van der Waals surface area contributed by atoms with Crippen LogP contribution in [0.4, 0.5) is 4.39 Å². The molecule has 4 heteroatoms. The van der Waals surface area contributed by atoms with Gasteiger partial charge in [0.25, 0.3) is 0 Å². The Hall–Kier alpha value is -3.14. The van der Waals surface area contributed by atoms with Gasteiger partial charge in [-0.15, -0.1) is 0 Å². The molecule has 0 N–H and O–H groups in total. The molecule has 170 valence electrons. The third-order valence-electron chi connectivity index (χ3n) is 7.74. The molecule has 0 radical (unpaired) electrons. The van der Waals surface area contributed by atoms with E-state index in [1.807, 2.05) is 41.3 Å². The van der Waals surface area contributed by atoms with E-state index in [0.717, 1.165) is 12.0 Å². The number of carbonyl (C=O) groups excluding carboxylic acids is 1. The second kappa shape index (κ2) is 9.01. The molecule has 3 aromatic carbocycles. The number of hydrogen-bond donors (Lipinski definition) is 0. The van der Waals surface area contributed by atoms with Crippen LogP contribution in [-0.2, 0) is 16.6 Å². The van der Waals surface area contributed by atoms with E-state index in [1.54, 1.807) is 7.11 Å². The smallest absolute Gasteiger partial charge is 0.227 e. The summed E-state index contributed by atoms with van der Waals surface area (Å²) in [7, 11) is 1.62. The minimum absolute atomic E-state index is 0.0349. The van der Waals surface area contributed by atoms with Crippen LogP contribution >= 0.6 is 0 Å². The van der Waals surface area contributed by atoms with Crippen LogP contribution in [-0.4, -0.2) is 37.2 Å². The quantitative estimate of drug-likeness (QED) is 0.526. The zero-order chi connectivity index (χ0) is 22.8. The van der Waals surface area contributed by atoms with Crippen LogP contribution in [0.1, 0.15) is 29.5 Å². The monoisotopic (exact) mass is 443 g/mol. The number of alkyl halides is 1. The van der Waals surface area contributed by atoms with Crippen LogP contribution in [0.5, 0.6) is 5.75 Å². The molecule has 3 unspecified atom stereocenters. The third-order valence-corrected chi connectivity index (χ3v) is 7.74. The fourth-order valence-electron chi connectivity index (χ4n) is 6.16. The lowest BCUT2D eigenvalue weighted by molar-refractivity contribution is -0.129. The summed E-state index contributed by atoms with van der Waals surface area (Å²) < 4.78 is 20.8. The van der Waals surface area contributed by atoms with Crippen LogP contribution in [0.3, 0.4) is 0 Å². The van der Waals surface area contributed by atoms with Crippen LogP contribution in [0, 0.1) is 11.8 Å². The Kier molecular flexibility index (Phi) is 5.92. The molecular formula is C29H30FNO2. The minimum atomic E-state index is -0.889. The van der Waals surface area contributed by atoms with Crippen LogP contribution in [0.15, 0.2) is 84.9 Å². The summed E-state index contributed by atoms with van der Waals surface area (Å²) in [4.78, 5) is 15.3. The zero-order valence-electron chi connectivity index (χ0n) is 19.0. The summed E-state index contributed by atoms with van der Waals surface area (Å²) >= 11 is 0. The van der Waals surface area contributed by atoms with Gasteiger partial charge in [0, 0.05) is 30.0 Å². The maximum absolute atomic E-state index is 15.3. The summed E-state index contributed by atoms with van der Waals surface area (Å²) in [6, 6.07) is 28.6. The molecule has 5 rings (SSSR count). The minimum Gasteiger partial charge on any atom is -0.496 e. The van der Waals surface area contributed by atoms with Crippen molar-refractivity contribution in [1.82, 2.24) is 4.90 Å². The van der Waals surface area contributed by atoms with Gasteiger partial charge in [-0.2, -0.15) is 0 Å². The van der Waals surface area contributed by atoms with Gasteiger partial charge in [0.05, 0.1) is 13.5 Å². The first-order valence-corrected chi connectivity index (χ1v) is 11.8. The van der Waals surface area contributed by atoms with E-state index >= 15 is 4.39 Å². The number of nitrogens with zero attached hydrogens (tertiary/aromatic N) is 1. The molecule has 1 aliphatic heterocycles. The average Bonchev–Trinajstić information content (AvgIpc) is 3.33. The van der Waals surface area contributed by atoms with E-state index in [1.165, 1.54) is 11.1 Å². The first-order chi connectivity index (χ1) is 16.1. The number of halogens is 1. The highest BCUT2D eigenvalue weighted by Gasteiger charge is 2.55. The number of carbonyl (C=O) groups is 1. The normalized spacial score (nSPS) is 23.7. The zero-order valence-corrected chi connectivity index (χ0v) is 19.0. The maximum Gasteiger partial charge on any atom is 0.227 e. The van der Waals surface area contributed by atoms with E-state index in [4.69, 9.17) is 4.74 Å². The van der Waals surface area contributed by atoms with E-state index in [9.17, 15) is 4.79 Å². The van der Waals surface area contributed by atoms with Gasteiger partial charge >= 0.3 is 0 Å². The molecule has 2 fully saturated rings. The number of ether oxygens (including phenoxy) is 1. The van der Waals surface area contributed by atoms with Crippen molar-refractivity contribution in [3.05, 3.63) is 102 Å². The SMILES string of the molecule is COc1ccccc1CC(=O)N1CC2C(F)CCC(c3ccccc3)(c3ccccc3)C2C1. The van der Waals surface area contributed by atoms with E-state index in [-0.39, 0.29) is 29.6 Å². The summed E-state index contributed by atoms with van der Waals surface area (Å²) in [5, 5.41) is 0. The first-order valence-electron chi connectivity index (χ1n) is 11.8. The largest absolute Gasteiger partial charge is 0.496 e. The van der Waals surface area contributed by atoms with E-state index in [2.05, 4.69) is 48.5 Å². The molecular weight excluding hydrogens is 413 g/mol. The third kappa shape index (κ3) is 3.82. The number of hydrogen-bond acceptors (Lipinski definition) is 2. The van der Waals surface area contributed by atoms with Gasteiger partial charge in [-0.05, 0) is 36.0 Å². The number of rotatable bonds is 5. The number of para-hydroxylation sites is 1. The van der Waals surface area contributed by atoms with Crippen LogP contribution < -0.4 is 4.74 Å². The average molecular weight is 444 g/mol. The van der Waals surface area contributed by atoms with Crippen molar-refractivity contribution in [2.24, 2.45) is 11.8 Å². The number of likely N-dealkylation sites (tertiary alicyclic amines) is 1. The van der Waals surface area contributed by atoms with Crippen molar-refractivity contribution in [2.75, 3.05) is 20.2 Å². The van der Waals surface area contributed by atoms with Crippen molar-refractivity contribution in [1.29, 1.82) is 0 Å². The van der Waals surface area contributed by atoms with Gasteiger partial charge in [0.15, 0.2) is 0 Å². The van der Waals surface area contributed by atoms with E-state index < -0.39 is 6.17 Å². The molecule has 3 nitrogen and oxygen atoms in total. The summed E-state index contributed by atoms with van der Waals surface area (Å²) in [5.74, 6) is 0.623. The second-order valence-corrected chi connectivity index (χ2v) is 9.32. The molecule has 1 saturated carbocycles. The molecule has 1 heterocycles. The maximum atomic E-state index is 15.3. The Labute approximate surface area is 195 Å². The molecule has 1 aliphatic carbocycles. The van der Waals surface area contributed by atoms with Gasteiger partial charge in [-0.3, -0.25) is 4.79 Å². The summed E-state index contributed by atoms with van der Waals surface area (Å²) in [6.45, 7) is 1.05. The van der Waals surface area contributed by atoms with Crippen molar-refractivity contribution in [3.63, 3.8) is 0 Å². The molecule has 2 aliphatic rings. The predicted molar refractivity (Wildman–Crippen MR) is 128 cm³/mol. The number of benzene rings is 3. The van der Waals surface area contributed by atoms with Gasteiger partial charge in [0.1, 0.15) is 11.9 Å². The Morgan fingerprint density at radius 1 is 0.939 bits per heavy atom. The van der Waals surface area contributed by atoms with E-state index in [0.29, 0.717) is 25.3 Å². The molecule has 3 atom stereocenters. The van der Waals surface area contributed by atoms with Crippen LogP contribution in [0.25, 0.3) is 0 Å². The number of fused-ring (bicyclic) bond motifs is 1. The Morgan fingerprint density at radius 3 is 2.18 bits per heavy atom. The van der Waals surface area contributed by atoms with Crippen molar-refractivity contribution in [2.45, 2.75) is 30.8 Å². The van der Waals surface area contributed by atoms with Crippen molar-refractivity contribution >= 4 is 5.91 Å². The van der Waals surface area contributed by atoms with Crippen molar-refractivity contribution in [3.8, 4) is 5.75 Å². The molecule has 3 aromatic rings. The van der Waals surface area contributed by atoms with Gasteiger partial charge < -0.3 is 9.64 Å². The summed E-state index contributed by atoms with van der Waals surface area (Å²) in [5.41, 5.74) is 3.01. The fourth-order valence-corrected chi connectivity index (χ4v) is 6.16. The van der Waals surface area contributed by atoms with Gasteiger partial charge in [-0.1, -0.05) is 78.9 Å². The number of methoxy groups -OCH3 is 1. The van der Waals surface area contributed by atoms with Gasteiger partial charge in [0.2, 0.25) is 5.91 Å². The van der Waals surface area contributed by atoms with Crippen LogP contribution in [0.2, 0.25) is 0 Å². The molecule has 0 spiro atoms. The highest BCUT2D eigenvalue weighted by Crippen LogP contribution is 2.54. The highest BCUT2D eigenvalue weighted by atomic mass is 19.1. The molecule has 0 aromatic heterocycles.